The fourth-order valence-electron chi connectivity index (χ4n) is 2.09. The molecule has 0 unspecified atom stereocenters. The number of nitrogens with zero attached hydrogens (tertiary/aromatic N) is 1. The number of aliphatic hydroxyl groups is 2. The molecule has 1 aliphatic rings. The van der Waals surface area contributed by atoms with Gasteiger partial charge in [0.2, 0.25) is 0 Å². The summed E-state index contributed by atoms with van der Waals surface area (Å²) < 4.78 is 10.7. The zero-order valence-corrected chi connectivity index (χ0v) is 11.8. The number of rotatable bonds is 4. The maximum absolute atomic E-state index is 11.9. The lowest BCUT2D eigenvalue weighted by Crippen LogP contribution is -2.37. The minimum absolute atomic E-state index is 0.0215. The summed E-state index contributed by atoms with van der Waals surface area (Å²) in [5.74, 6) is -1.17. The molecular formula is C13H16N2O7. The average Bonchev–Trinajstić information content (AvgIpc) is 2.87. The number of methoxy groups -OCH3 is 1. The van der Waals surface area contributed by atoms with Gasteiger partial charge >= 0.3 is 11.7 Å². The highest BCUT2D eigenvalue weighted by atomic mass is 16.5. The van der Waals surface area contributed by atoms with Crippen molar-refractivity contribution in [3.8, 4) is 0 Å². The first-order valence-electron chi connectivity index (χ1n) is 6.50. The number of ether oxygens (including phenoxy) is 2. The van der Waals surface area contributed by atoms with Crippen molar-refractivity contribution < 1.29 is 24.5 Å². The van der Waals surface area contributed by atoms with E-state index in [-0.39, 0.29) is 18.8 Å². The SMILES string of the molecule is COC(=O)/C=C/c1cn([C@H]2OC[C@@H](CO)[C@H]2O)c(=O)[nH]c1=O. The Morgan fingerprint density at radius 2 is 2.32 bits per heavy atom. The second-order valence-corrected chi connectivity index (χ2v) is 4.76. The van der Waals surface area contributed by atoms with Gasteiger partial charge in [-0.15, -0.1) is 0 Å². The topological polar surface area (TPSA) is 131 Å². The summed E-state index contributed by atoms with van der Waals surface area (Å²) in [7, 11) is 1.19. The smallest absolute Gasteiger partial charge is 0.330 e. The van der Waals surface area contributed by atoms with Crippen LogP contribution in [-0.4, -0.2) is 52.2 Å². The van der Waals surface area contributed by atoms with Gasteiger partial charge in [0, 0.05) is 18.2 Å². The fraction of sp³-hybridized carbons (Fsp3) is 0.462. The number of carbonyl (C=O) groups is 1. The predicted octanol–water partition coefficient (Wildman–Crippen LogP) is -1.78. The molecule has 22 heavy (non-hydrogen) atoms. The molecule has 2 rings (SSSR count). The molecule has 9 nitrogen and oxygen atoms in total. The largest absolute Gasteiger partial charge is 0.466 e. The Bertz CT molecular complexity index is 690. The number of carbonyl (C=O) groups excluding carboxylic acids is 1. The van der Waals surface area contributed by atoms with Crippen molar-refractivity contribution in [1.29, 1.82) is 0 Å². The molecular weight excluding hydrogens is 296 g/mol. The van der Waals surface area contributed by atoms with Gasteiger partial charge in [-0.3, -0.25) is 14.3 Å². The highest BCUT2D eigenvalue weighted by Gasteiger charge is 2.37. The lowest BCUT2D eigenvalue weighted by Gasteiger charge is -2.18. The summed E-state index contributed by atoms with van der Waals surface area (Å²) in [4.78, 5) is 36.7. The number of aromatic nitrogens is 2. The monoisotopic (exact) mass is 312 g/mol. The summed E-state index contributed by atoms with van der Waals surface area (Å²) in [6.45, 7) is -0.202. The Balaban J connectivity index is 2.37. The lowest BCUT2D eigenvalue weighted by molar-refractivity contribution is -0.134. The van der Waals surface area contributed by atoms with Crippen molar-refractivity contribution >= 4 is 12.0 Å². The summed E-state index contributed by atoms with van der Waals surface area (Å²) in [6.07, 6.45) is 1.28. The van der Waals surface area contributed by atoms with Crippen LogP contribution < -0.4 is 11.2 Å². The van der Waals surface area contributed by atoms with Crippen LogP contribution in [0.3, 0.4) is 0 Å². The zero-order valence-electron chi connectivity index (χ0n) is 11.8. The molecule has 1 aliphatic heterocycles. The quantitative estimate of drug-likeness (QED) is 0.442. The van der Waals surface area contributed by atoms with Gasteiger partial charge in [0.15, 0.2) is 6.23 Å². The van der Waals surface area contributed by atoms with Crippen LogP contribution >= 0.6 is 0 Å². The maximum Gasteiger partial charge on any atom is 0.330 e. The molecule has 2 heterocycles. The number of nitrogens with one attached hydrogen (secondary N) is 1. The second-order valence-electron chi connectivity index (χ2n) is 4.76. The van der Waals surface area contributed by atoms with E-state index in [0.717, 1.165) is 10.6 Å². The van der Waals surface area contributed by atoms with Crippen molar-refractivity contribution in [1.82, 2.24) is 9.55 Å². The third-order valence-corrected chi connectivity index (χ3v) is 3.36. The van der Waals surface area contributed by atoms with Crippen LogP contribution in [0, 0.1) is 5.92 Å². The molecule has 0 aliphatic carbocycles. The van der Waals surface area contributed by atoms with Crippen molar-refractivity contribution in [3.63, 3.8) is 0 Å². The Labute approximate surface area is 124 Å². The van der Waals surface area contributed by atoms with Gasteiger partial charge in [0.1, 0.15) is 6.10 Å². The molecule has 0 spiro atoms. The molecule has 0 radical (unpaired) electrons. The lowest BCUT2D eigenvalue weighted by atomic mass is 10.1. The standard InChI is InChI=1S/C13H16N2O7/c1-21-9(17)3-2-7-4-15(13(20)14-11(7)19)12-10(18)8(5-16)6-22-12/h2-4,8,10,12,16,18H,5-6H2,1H3,(H,14,19,20)/b3-2+/t8-,10-,12+/m1/s1. The van der Waals surface area contributed by atoms with Gasteiger partial charge in [-0.2, -0.15) is 0 Å². The minimum atomic E-state index is -1.09. The first-order chi connectivity index (χ1) is 10.5. The molecule has 3 atom stereocenters. The van der Waals surface area contributed by atoms with Crippen LogP contribution in [0.25, 0.3) is 6.08 Å². The molecule has 0 bridgehead atoms. The summed E-state index contributed by atoms with van der Waals surface area (Å²) in [5.41, 5.74) is -1.43. The molecule has 1 aromatic rings. The third-order valence-electron chi connectivity index (χ3n) is 3.36. The first kappa shape index (κ1) is 16.1. The van der Waals surface area contributed by atoms with E-state index < -0.39 is 35.5 Å². The average molecular weight is 312 g/mol. The van der Waals surface area contributed by atoms with Gasteiger partial charge in [-0.25, -0.2) is 9.59 Å². The maximum atomic E-state index is 11.9. The van der Waals surface area contributed by atoms with Crippen molar-refractivity contribution in [2.75, 3.05) is 20.3 Å². The number of aliphatic hydroxyl groups excluding tert-OH is 2. The van der Waals surface area contributed by atoms with Crippen LogP contribution in [-0.2, 0) is 14.3 Å². The molecule has 3 N–H and O–H groups in total. The van der Waals surface area contributed by atoms with Crippen molar-refractivity contribution in [2.45, 2.75) is 12.3 Å². The van der Waals surface area contributed by atoms with Crippen LogP contribution in [0.4, 0.5) is 0 Å². The highest BCUT2D eigenvalue weighted by molar-refractivity contribution is 5.86. The zero-order chi connectivity index (χ0) is 16.3. The Morgan fingerprint density at radius 3 is 2.91 bits per heavy atom. The van der Waals surface area contributed by atoms with E-state index in [1.54, 1.807) is 0 Å². The molecule has 120 valence electrons. The normalized spacial score (nSPS) is 24.8. The molecule has 0 amide bonds. The molecule has 9 heteroatoms. The molecule has 0 aromatic carbocycles. The van der Waals surface area contributed by atoms with E-state index in [4.69, 9.17) is 9.84 Å². The van der Waals surface area contributed by atoms with E-state index in [1.165, 1.54) is 19.4 Å². The Kier molecular flexibility index (Phi) is 4.91. The number of hydrogen-bond donors (Lipinski definition) is 3. The van der Waals surface area contributed by atoms with Gasteiger partial charge in [0.25, 0.3) is 5.56 Å². The Hall–Kier alpha value is -2.23. The molecule has 1 saturated heterocycles. The van der Waals surface area contributed by atoms with Gasteiger partial charge < -0.3 is 19.7 Å². The third kappa shape index (κ3) is 3.16. The summed E-state index contributed by atoms with van der Waals surface area (Å²) >= 11 is 0. The number of aromatic amines is 1. The van der Waals surface area contributed by atoms with Gasteiger partial charge in [0.05, 0.1) is 25.9 Å². The fourth-order valence-corrected chi connectivity index (χ4v) is 2.09. The predicted molar refractivity (Wildman–Crippen MR) is 73.9 cm³/mol. The second kappa shape index (κ2) is 6.69. The summed E-state index contributed by atoms with van der Waals surface area (Å²) in [6, 6.07) is 0. The van der Waals surface area contributed by atoms with E-state index in [2.05, 4.69) is 9.72 Å². The number of hydrogen-bond acceptors (Lipinski definition) is 7. The number of H-pyrrole nitrogens is 1. The number of esters is 1. The van der Waals surface area contributed by atoms with Crippen LogP contribution in [0.2, 0.25) is 0 Å². The highest BCUT2D eigenvalue weighted by Crippen LogP contribution is 2.27. The molecule has 1 aromatic heterocycles. The first-order valence-corrected chi connectivity index (χ1v) is 6.50. The molecule has 1 fully saturated rings. The van der Waals surface area contributed by atoms with E-state index >= 15 is 0 Å². The van der Waals surface area contributed by atoms with E-state index in [0.29, 0.717) is 0 Å². The minimum Gasteiger partial charge on any atom is -0.466 e. The van der Waals surface area contributed by atoms with Crippen LogP contribution in [0.5, 0.6) is 0 Å². The summed E-state index contributed by atoms with van der Waals surface area (Å²) in [5, 5.41) is 19.1. The van der Waals surface area contributed by atoms with Gasteiger partial charge in [-0.1, -0.05) is 0 Å². The van der Waals surface area contributed by atoms with Crippen LogP contribution in [0.1, 0.15) is 11.8 Å². The van der Waals surface area contributed by atoms with E-state index in [1.807, 2.05) is 0 Å². The Morgan fingerprint density at radius 1 is 1.59 bits per heavy atom. The van der Waals surface area contributed by atoms with E-state index in [9.17, 15) is 19.5 Å². The van der Waals surface area contributed by atoms with Crippen molar-refractivity contribution in [3.05, 3.63) is 38.7 Å². The van der Waals surface area contributed by atoms with Crippen LogP contribution in [0.15, 0.2) is 21.9 Å². The van der Waals surface area contributed by atoms with Crippen molar-refractivity contribution in [2.24, 2.45) is 5.92 Å². The molecule has 0 saturated carbocycles. The van der Waals surface area contributed by atoms with Gasteiger partial charge in [-0.05, 0) is 6.08 Å².